The lowest BCUT2D eigenvalue weighted by atomic mass is 10.0. The van der Waals surface area contributed by atoms with Crippen LogP contribution in [0.4, 0.5) is 0 Å². The largest absolute Gasteiger partial charge is 0.324 e. The topological polar surface area (TPSA) is 26.0 Å². The molecule has 0 spiro atoms. The highest BCUT2D eigenvalue weighted by atomic mass is 14.6. The molecule has 0 aromatic rings. The molecule has 1 heteroatoms. The molecule has 0 aliphatic carbocycles. The van der Waals surface area contributed by atoms with E-state index in [9.17, 15) is 0 Å². The SMILES string of the molecule is CC(C)=CCCC(C)=CC(N)C(C)C. The molecule has 0 amide bonds. The van der Waals surface area contributed by atoms with E-state index in [1.54, 1.807) is 0 Å². The Morgan fingerprint density at radius 3 is 2.21 bits per heavy atom. The van der Waals surface area contributed by atoms with Crippen molar-refractivity contribution in [1.82, 2.24) is 0 Å². The number of allylic oxidation sites excluding steroid dienone is 3. The second-order valence-corrected chi connectivity index (χ2v) is 4.65. The van der Waals surface area contributed by atoms with Crippen LogP contribution in [0, 0.1) is 5.92 Å². The molecule has 0 aliphatic rings. The van der Waals surface area contributed by atoms with Gasteiger partial charge in [0, 0.05) is 6.04 Å². The van der Waals surface area contributed by atoms with Crippen molar-refractivity contribution in [1.29, 1.82) is 0 Å². The lowest BCUT2D eigenvalue weighted by molar-refractivity contribution is 0.567. The van der Waals surface area contributed by atoms with E-state index < -0.39 is 0 Å². The van der Waals surface area contributed by atoms with Gasteiger partial charge in [0.05, 0.1) is 0 Å². The Labute approximate surface area is 89.1 Å². The molecule has 0 saturated heterocycles. The molecule has 0 fully saturated rings. The molecule has 0 aliphatic heterocycles. The maximum Gasteiger partial charge on any atom is 0.0249 e. The van der Waals surface area contributed by atoms with Gasteiger partial charge in [-0.05, 0) is 39.5 Å². The van der Waals surface area contributed by atoms with Gasteiger partial charge in [-0.15, -0.1) is 0 Å². The average molecular weight is 195 g/mol. The van der Waals surface area contributed by atoms with Gasteiger partial charge in [0.25, 0.3) is 0 Å². The molecule has 1 atom stereocenters. The van der Waals surface area contributed by atoms with Crippen LogP contribution in [-0.4, -0.2) is 6.04 Å². The minimum absolute atomic E-state index is 0.210. The summed E-state index contributed by atoms with van der Waals surface area (Å²) in [6.45, 7) is 10.8. The van der Waals surface area contributed by atoms with Gasteiger partial charge in [-0.3, -0.25) is 0 Å². The van der Waals surface area contributed by atoms with Gasteiger partial charge in [-0.2, -0.15) is 0 Å². The quantitative estimate of drug-likeness (QED) is 0.666. The van der Waals surface area contributed by atoms with Crippen molar-refractivity contribution in [2.75, 3.05) is 0 Å². The van der Waals surface area contributed by atoms with Crippen LogP contribution in [0.2, 0.25) is 0 Å². The number of rotatable bonds is 5. The fourth-order valence-corrected chi connectivity index (χ4v) is 1.19. The summed E-state index contributed by atoms with van der Waals surface area (Å²) >= 11 is 0. The van der Waals surface area contributed by atoms with Crippen molar-refractivity contribution in [2.24, 2.45) is 11.7 Å². The Morgan fingerprint density at radius 2 is 1.79 bits per heavy atom. The van der Waals surface area contributed by atoms with E-state index in [2.05, 4.69) is 46.8 Å². The molecule has 0 aromatic carbocycles. The summed E-state index contributed by atoms with van der Waals surface area (Å²) in [5.74, 6) is 0.536. The molecule has 0 heterocycles. The Morgan fingerprint density at radius 1 is 1.21 bits per heavy atom. The lowest BCUT2D eigenvalue weighted by Gasteiger charge is -2.12. The zero-order valence-corrected chi connectivity index (χ0v) is 10.3. The van der Waals surface area contributed by atoms with Crippen molar-refractivity contribution in [3.63, 3.8) is 0 Å². The van der Waals surface area contributed by atoms with Crippen LogP contribution in [-0.2, 0) is 0 Å². The summed E-state index contributed by atoms with van der Waals surface area (Å²) in [4.78, 5) is 0. The molecule has 14 heavy (non-hydrogen) atoms. The molecule has 2 N–H and O–H groups in total. The van der Waals surface area contributed by atoms with E-state index in [0.717, 1.165) is 12.8 Å². The molecule has 1 unspecified atom stereocenters. The Balaban J connectivity index is 3.95. The van der Waals surface area contributed by atoms with Gasteiger partial charge in [0.1, 0.15) is 0 Å². The van der Waals surface area contributed by atoms with Crippen molar-refractivity contribution in [3.8, 4) is 0 Å². The van der Waals surface area contributed by atoms with E-state index >= 15 is 0 Å². The highest BCUT2D eigenvalue weighted by Crippen LogP contribution is 2.10. The van der Waals surface area contributed by atoms with Crippen molar-refractivity contribution < 1.29 is 0 Å². The monoisotopic (exact) mass is 195 g/mol. The zero-order chi connectivity index (χ0) is 11.1. The smallest absolute Gasteiger partial charge is 0.0249 e. The van der Waals surface area contributed by atoms with Crippen molar-refractivity contribution >= 4 is 0 Å². The van der Waals surface area contributed by atoms with Gasteiger partial charge >= 0.3 is 0 Å². The van der Waals surface area contributed by atoms with Gasteiger partial charge in [-0.1, -0.05) is 37.1 Å². The summed E-state index contributed by atoms with van der Waals surface area (Å²) in [5, 5.41) is 0. The highest BCUT2D eigenvalue weighted by molar-refractivity contribution is 5.06. The molecule has 0 radical (unpaired) electrons. The third kappa shape index (κ3) is 6.90. The van der Waals surface area contributed by atoms with Crippen LogP contribution >= 0.6 is 0 Å². The third-order valence-electron chi connectivity index (χ3n) is 2.34. The summed E-state index contributed by atoms with van der Waals surface area (Å²) in [5.41, 5.74) is 8.76. The van der Waals surface area contributed by atoms with E-state index in [1.165, 1.54) is 11.1 Å². The fraction of sp³-hybridized carbons (Fsp3) is 0.692. The van der Waals surface area contributed by atoms with Crippen molar-refractivity contribution in [3.05, 3.63) is 23.3 Å². The first-order chi connectivity index (χ1) is 6.43. The standard InChI is InChI=1S/C13H25N/c1-10(2)7-6-8-12(5)9-13(14)11(3)4/h7,9,11,13H,6,8,14H2,1-5H3. The van der Waals surface area contributed by atoms with E-state index in [-0.39, 0.29) is 6.04 Å². The second kappa shape index (κ2) is 6.83. The first-order valence-electron chi connectivity index (χ1n) is 5.49. The van der Waals surface area contributed by atoms with Gasteiger partial charge in [0.2, 0.25) is 0 Å². The molecule has 82 valence electrons. The van der Waals surface area contributed by atoms with Crippen LogP contribution in [0.25, 0.3) is 0 Å². The summed E-state index contributed by atoms with van der Waals surface area (Å²) in [6, 6.07) is 0.210. The Bertz CT molecular complexity index is 207. The van der Waals surface area contributed by atoms with E-state index in [1.807, 2.05) is 0 Å². The minimum Gasteiger partial charge on any atom is -0.324 e. The predicted octanol–water partition coefficient (Wildman–Crippen LogP) is 3.66. The summed E-state index contributed by atoms with van der Waals surface area (Å²) in [6.07, 6.45) is 6.74. The van der Waals surface area contributed by atoms with E-state index in [0.29, 0.717) is 5.92 Å². The van der Waals surface area contributed by atoms with Crippen LogP contribution in [0.5, 0.6) is 0 Å². The minimum atomic E-state index is 0.210. The van der Waals surface area contributed by atoms with Crippen LogP contribution in [0.3, 0.4) is 0 Å². The maximum atomic E-state index is 5.96. The average Bonchev–Trinajstić information content (AvgIpc) is 2.02. The van der Waals surface area contributed by atoms with Gasteiger partial charge in [0.15, 0.2) is 0 Å². The van der Waals surface area contributed by atoms with E-state index in [4.69, 9.17) is 5.73 Å². The molecule has 0 saturated carbocycles. The van der Waals surface area contributed by atoms with Crippen molar-refractivity contribution in [2.45, 2.75) is 53.5 Å². The number of hydrogen-bond acceptors (Lipinski definition) is 1. The highest BCUT2D eigenvalue weighted by Gasteiger charge is 2.03. The molecular formula is C13H25N. The molecule has 0 aromatic heterocycles. The first kappa shape index (κ1) is 13.4. The molecule has 1 nitrogen and oxygen atoms in total. The van der Waals surface area contributed by atoms with Crippen LogP contribution in [0.15, 0.2) is 23.3 Å². The van der Waals surface area contributed by atoms with Crippen LogP contribution in [0.1, 0.15) is 47.5 Å². The fourth-order valence-electron chi connectivity index (χ4n) is 1.19. The summed E-state index contributed by atoms with van der Waals surface area (Å²) < 4.78 is 0. The maximum absolute atomic E-state index is 5.96. The molecular weight excluding hydrogens is 170 g/mol. The zero-order valence-electron chi connectivity index (χ0n) is 10.3. The van der Waals surface area contributed by atoms with Gasteiger partial charge < -0.3 is 5.73 Å². The van der Waals surface area contributed by atoms with Gasteiger partial charge in [-0.25, -0.2) is 0 Å². The molecule has 0 bridgehead atoms. The Kier molecular flexibility index (Phi) is 6.56. The first-order valence-corrected chi connectivity index (χ1v) is 5.49. The lowest BCUT2D eigenvalue weighted by Crippen LogP contribution is -2.23. The second-order valence-electron chi connectivity index (χ2n) is 4.65. The summed E-state index contributed by atoms with van der Waals surface area (Å²) in [7, 11) is 0. The third-order valence-corrected chi connectivity index (χ3v) is 2.34. The normalized spacial score (nSPS) is 14.4. The van der Waals surface area contributed by atoms with Crippen LogP contribution < -0.4 is 5.73 Å². The molecule has 0 rings (SSSR count). The predicted molar refractivity (Wildman–Crippen MR) is 65.2 cm³/mol. The number of hydrogen-bond donors (Lipinski definition) is 1. The number of nitrogens with two attached hydrogens (primary N) is 1. The Hall–Kier alpha value is -0.560.